The van der Waals surface area contributed by atoms with Gasteiger partial charge in [0.05, 0.1) is 21.3 Å². The van der Waals surface area contributed by atoms with Gasteiger partial charge in [0.1, 0.15) is 18.0 Å². The van der Waals surface area contributed by atoms with E-state index in [-0.39, 0.29) is 18.9 Å². The van der Waals surface area contributed by atoms with Crippen LogP contribution in [0.15, 0.2) is 42.5 Å². The molecule has 0 unspecified atom stereocenters. The maximum absolute atomic E-state index is 12.8. The van der Waals surface area contributed by atoms with Crippen molar-refractivity contribution in [3.05, 3.63) is 59.2 Å². The van der Waals surface area contributed by atoms with Crippen molar-refractivity contribution in [1.29, 1.82) is 0 Å². The van der Waals surface area contributed by atoms with E-state index >= 15 is 0 Å². The molecule has 0 atom stereocenters. The zero-order valence-electron chi connectivity index (χ0n) is 16.9. The summed E-state index contributed by atoms with van der Waals surface area (Å²) in [6.07, 6.45) is 0.775. The number of rotatable bonds is 9. The van der Waals surface area contributed by atoms with Gasteiger partial charge in [-0.15, -0.1) is 0 Å². The van der Waals surface area contributed by atoms with Crippen LogP contribution in [0.5, 0.6) is 11.5 Å². The Morgan fingerprint density at radius 3 is 2.18 bits per heavy atom. The zero-order chi connectivity index (χ0) is 20.5. The maximum Gasteiger partial charge on any atom is 0.325 e. The second-order valence-electron chi connectivity index (χ2n) is 6.47. The average Bonchev–Trinajstić information content (AvgIpc) is 2.72. The highest BCUT2D eigenvalue weighted by Gasteiger charge is 2.19. The van der Waals surface area contributed by atoms with Crippen LogP contribution in [-0.4, -0.2) is 44.7 Å². The molecule has 0 radical (unpaired) electrons. The minimum absolute atomic E-state index is 0.0783. The fourth-order valence-corrected chi connectivity index (χ4v) is 2.87. The highest BCUT2D eigenvalue weighted by Crippen LogP contribution is 2.23. The maximum atomic E-state index is 12.8. The van der Waals surface area contributed by atoms with Crippen molar-refractivity contribution in [2.24, 2.45) is 0 Å². The molecule has 1 amide bonds. The molecule has 6 nitrogen and oxygen atoms in total. The Hall–Kier alpha value is -3.02. The normalized spacial score (nSPS) is 10.3. The first-order valence-corrected chi connectivity index (χ1v) is 9.08. The molecule has 0 aromatic heterocycles. The van der Waals surface area contributed by atoms with Crippen LogP contribution in [0, 0.1) is 6.92 Å². The number of hydrogen-bond donors (Lipinski definition) is 0. The molecule has 0 saturated carbocycles. The lowest BCUT2D eigenvalue weighted by atomic mass is 10.1. The van der Waals surface area contributed by atoms with Gasteiger partial charge in [-0.3, -0.25) is 9.59 Å². The molecule has 2 aromatic carbocycles. The fraction of sp³-hybridized carbons (Fsp3) is 0.364. The number of ether oxygens (including phenoxy) is 3. The number of benzene rings is 2. The molecule has 2 aromatic rings. The summed E-state index contributed by atoms with van der Waals surface area (Å²) >= 11 is 0. The minimum Gasteiger partial charge on any atom is -0.497 e. The molecule has 6 heteroatoms. The Kier molecular flexibility index (Phi) is 7.87. The number of carbonyl (C=O) groups is 2. The number of methoxy groups -OCH3 is 3. The van der Waals surface area contributed by atoms with Gasteiger partial charge in [0.2, 0.25) is 5.91 Å². The summed E-state index contributed by atoms with van der Waals surface area (Å²) in [5.74, 6) is 0.793. The molecule has 150 valence electrons. The topological polar surface area (TPSA) is 65.1 Å². The van der Waals surface area contributed by atoms with Crippen LogP contribution in [0.1, 0.15) is 23.1 Å². The molecule has 0 aliphatic rings. The average molecular weight is 385 g/mol. The Balaban J connectivity index is 2.11. The number of esters is 1. The third kappa shape index (κ3) is 6.01. The van der Waals surface area contributed by atoms with E-state index in [1.54, 1.807) is 20.3 Å². The van der Waals surface area contributed by atoms with Crippen LogP contribution in [0.25, 0.3) is 0 Å². The van der Waals surface area contributed by atoms with Crippen molar-refractivity contribution in [3.8, 4) is 11.5 Å². The summed E-state index contributed by atoms with van der Waals surface area (Å²) in [6, 6.07) is 13.3. The first-order chi connectivity index (χ1) is 13.5. The Labute approximate surface area is 166 Å². The van der Waals surface area contributed by atoms with Crippen LogP contribution < -0.4 is 9.47 Å². The third-order valence-electron chi connectivity index (χ3n) is 4.56. The molecular weight excluding hydrogens is 358 g/mol. The third-order valence-corrected chi connectivity index (χ3v) is 4.56. The molecule has 0 aliphatic heterocycles. The molecule has 0 heterocycles. The lowest BCUT2D eigenvalue weighted by Gasteiger charge is -2.22. The predicted molar refractivity (Wildman–Crippen MR) is 106 cm³/mol. The van der Waals surface area contributed by atoms with Gasteiger partial charge in [-0.1, -0.05) is 24.3 Å². The van der Waals surface area contributed by atoms with Gasteiger partial charge in [-0.25, -0.2) is 0 Å². The monoisotopic (exact) mass is 385 g/mol. The second-order valence-corrected chi connectivity index (χ2v) is 6.47. The Morgan fingerprint density at radius 2 is 1.61 bits per heavy atom. The number of aryl methyl sites for hydroxylation is 2. The van der Waals surface area contributed by atoms with Gasteiger partial charge in [-0.05, 0) is 42.2 Å². The van der Waals surface area contributed by atoms with Crippen LogP contribution in [-0.2, 0) is 27.3 Å². The van der Waals surface area contributed by atoms with E-state index in [1.807, 2.05) is 43.3 Å². The van der Waals surface area contributed by atoms with Crippen molar-refractivity contribution in [2.75, 3.05) is 27.9 Å². The smallest absolute Gasteiger partial charge is 0.325 e. The summed E-state index contributed by atoms with van der Waals surface area (Å²) in [5.41, 5.74) is 3.00. The van der Waals surface area contributed by atoms with E-state index in [0.717, 1.165) is 16.7 Å². The van der Waals surface area contributed by atoms with Gasteiger partial charge in [0.25, 0.3) is 0 Å². The van der Waals surface area contributed by atoms with Crippen LogP contribution in [0.3, 0.4) is 0 Å². The lowest BCUT2D eigenvalue weighted by Crippen LogP contribution is -2.36. The van der Waals surface area contributed by atoms with E-state index in [4.69, 9.17) is 14.2 Å². The number of hydrogen-bond acceptors (Lipinski definition) is 5. The van der Waals surface area contributed by atoms with Gasteiger partial charge in [0, 0.05) is 19.0 Å². The van der Waals surface area contributed by atoms with Crippen molar-refractivity contribution in [1.82, 2.24) is 4.90 Å². The molecule has 28 heavy (non-hydrogen) atoms. The van der Waals surface area contributed by atoms with Gasteiger partial charge in [0.15, 0.2) is 0 Å². The van der Waals surface area contributed by atoms with Crippen molar-refractivity contribution in [3.63, 3.8) is 0 Å². The highest BCUT2D eigenvalue weighted by atomic mass is 16.5. The van der Waals surface area contributed by atoms with Gasteiger partial charge in [-0.2, -0.15) is 0 Å². The first kappa shape index (κ1) is 21.3. The summed E-state index contributed by atoms with van der Waals surface area (Å²) in [5, 5.41) is 0. The molecule has 0 bridgehead atoms. The van der Waals surface area contributed by atoms with E-state index in [2.05, 4.69) is 0 Å². The first-order valence-electron chi connectivity index (χ1n) is 9.08. The van der Waals surface area contributed by atoms with E-state index in [1.165, 1.54) is 12.0 Å². The second kappa shape index (κ2) is 10.3. The van der Waals surface area contributed by atoms with Crippen LogP contribution in [0.4, 0.5) is 0 Å². The standard InChI is InChI=1S/C22H27NO5/c1-16-7-5-6-8-18(16)14-23(15-22(25)28-4)21(24)10-9-17-11-19(26-2)13-20(12-17)27-3/h5-8,11-13H,9-10,14-15H2,1-4H3. The number of carbonyl (C=O) groups excluding carboxylic acids is 2. The number of nitrogens with zero attached hydrogens (tertiary/aromatic N) is 1. The minimum atomic E-state index is -0.440. The van der Waals surface area contributed by atoms with E-state index < -0.39 is 5.97 Å². The van der Waals surface area contributed by atoms with Crippen molar-refractivity contribution >= 4 is 11.9 Å². The Bertz CT molecular complexity index is 796. The number of amides is 1. The Morgan fingerprint density at radius 1 is 0.964 bits per heavy atom. The molecule has 2 rings (SSSR count). The molecule has 0 aliphatic carbocycles. The fourth-order valence-electron chi connectivity index (χ4n) is 2.87. The summed E-state index contributed by atoms with van der Waals surface area (Å²) in [6.45, 7) is 2.27. The molecule has 0 spiro atoms. The predicted octanol–water partition coefficient (Wildman–Crippen LogP) is 3.15. The lowest BCUT2D eigenvalue weighted by molar-refractivity contribution is -0.147. The van der Waals surface area contributed by atoms with E-state index in [0.29, 0.717) is 24.5 Å². The van der Waals surface area contributed by atoms with Crippen LogP contribution >= 0.6 is 0 Å². The molecule has 0 saturated heterocycles. The summed E-state index contributed by atoms with van der Waals surface area (Å²) < 4.78 is 15.3. The highest BCUT2D eigenvalue weighted by molar-refractivity contribution is 5.82. The van der Waals surface area contributed by atoms with Crippen molar-refractivity contribution in [2.45, 2.75) is 26.3 Å². The van der Waals surface area contributed by atoms with Crippen molar-refractivity contribution < 1.29 is 23.8 Å². The largest absolute Gasteiger partial charge is 0.497 e. The zero-order valence-corrected chi connectivity index (χ0v) is 16.9. The van der Waals surface area contributed by atoms with Gasteiger partial charge < -0.3 is 19.1 Å². The SMILES string of the molecule is COC(=O)CN(Cc1ccccc1C)C(=O)CCc1cc(OC)cc(OC)c1. The molecular formula is C22H27NO5. The summed E-state index contributed by atoms with van der Waals surface area (Å²) in [7, 11) is 4.50. The van der Waals surface area contributed by atoms with E-state index in [9.17, 15) is 9.59 Å². The van der Waals surface area contributed by atoms with Gasteiger partial charge >= 0.3 is 5.97 Å². The molecule has 0 N–H and O–H groups in total. The quantitative estimate of drug-likeness (QED) is 0.621. The van der Waals surface area contributed by atoms with Crippen LogP contribution in [0.2, 0.25) is 0 Å². The molecule has 0 fully saturated rings. The summed E-state index contributed by atoms with van der Waals surface area (Å²) in [4.78, 5) is 26.2.